The van der Waals surface area contributed by atoms with E-state index in [0.717, 1.165) is 6.07 Å². The van der Waals surface area contributed by atoms with Crippen LogP contribution in [0.25, 0.3) is 11.1 Å². The van der Waals surface area contributed by atoms with Crippen LogP contribution in [0.5, 0.6) is 0 Å². The zero-order chi connectivity index (χ0) is 16.3. The number of hydrogen-bond acceptors (Lipinski definition) is 1. The van der Waals surface area contributed by atoms with Crippen molar-refractivity contribution in [2.24, 2.45) is 0 Å². The number of carboxylic acid groups (broad SMARTS) is 1. The second-order valence-electron chi connectivity index (χ2n) is 4.32. The maximum absolute atomic E-state index is 13.2. The minimum Gasteiger partial charge on any atom is -0.472 e. The van der Waals surface area contributed by atoms with Gasteiger partial charge in [0, 0.05) is 16.5 Å². The Kier molecular flexibility index (Phi) is 4.43. The SMILES string of the molecule is O=C(O)C#Cc1ccc(-c2ccc(Cl)cc2)c(C(F)(F)F)c1. The summed E-state index contributed by atoms with van der Waals surface area (Å²) in [5.41, 5.74) is -0.570. The molecule has 0 amide bonds. The molecule has 0 unspecified atom stereocenters. The van der Waals surface area contributed by atoms with E-state index in [0.29, 0.717) is 10.6 Å². The number of carboxylic acids is 1. The summed E-state index contributed by atoms with van der Waals surface area (Å²) in [7, 11) is 0. The maximum atomic E-state index is 13.2. The predicted molar refractivity (Wildman–Crippen MR) is 76.4 cm³/mol. The Hall–Kier alpha value is -2.45. The third-order valence-corrected chi connectivity index (χ3v) is 3.05. The molecule has 0 saturated heterocycles. The van der Waals surface area contributed by atoms with Gasteiger partial charge >= 0.3 is 12.1 Å². The molecule has 2 nitrogen and oxygen atoms in total. The Bertz CT molecular complexity index is 769. The van der Waals surface area contributed by atoms with Crippen molar-refractivity contribution in [2.75, 3.05) is 0 Å². The molecule has 0 saturated carbocycles. The smallest absolute Gasteiger partial charge is 0.417 e. The van der Waals surface area contributed by atoms with Crippen LogP contribution < -0.4 is 0 Å². The second kappa shape index (κ2) is 6.12. The van der Waals surface area contributed by atoms with Crippen LogP contribution in [0.15, 0.2) is 42.5 Å². The van der Waals surface area contributed by atoms with Crippen LogP contribution in [0, 0.1) is 11.8 Å². The molecule has 0 aliphatic rings. The van der Waals surface area contributed by atoms with Crippen molar-refractivity contribution >= 4 is 17.6 Å². The lowest BCUT2D eigenvalue weighted by molar-refractivity contribution is -0.137. The zero-order valence-corrected chi connectivity index (χ0v) is 11.7. The third kappa shape index (κ3) is 3.80. The Morgan fingerprint density at radius 2 is 1.73 bits per heavy atom. The monoisotopic (exact) mass is 324 g/mol. The topological polar surface area (TPSA) is 37.3 Å². The molecule has 2 aromatic rings. The van der Waals surface area contributed by atoms with E-state index < -0.39 is 17.7 Å². The first-order valence-electron chi connectivity index (χ1n) is 5.99. The number of halogens is 4. The molecule has 22 heavy (non-hydrogen) atoms. The Balaban J connectivity index is 2.58. The van der Waals surface area contributed by atoms with Gasteiger partial charge in [-0.2, -0.15) is 13.2 Å². The summed E-state index contributed by atoms with van der Waals surface area (Å²) >= 11 is 5.73. The first-order valence-corrected chi connectivity index (χ1v) is 6.37. The summed E-state index contributed by atoms with van der Waals surface area (Å²) in [6.07, 6.45) is -4.59. The normalized spacial score (nSPS) is 10.7. The van der Waals surface area contributed by atoms with E-state index in [1.165, 1.54) is 36.4 Å². The van der Waals surface area contributed by atoms with Gasteiger partial charge in [-0.25, -0.2) is 4.79 Å². The van der Waals surface area contributed by atoms with E-state index in [-0.39, 0.29) is 11.1 Å². The van der Waals surface area contributed by atoms with Crippen LogP contribution in [0.1, 0.15) is 11.1 Å². The fourth-order valence-electron chi connectivity index (χ4n) is 1.86. The minimum absolute atomic E-state index is 0.0209. The van der Waals surface area contributed by atoms with Gasteiger partial charge in [0.05, 0.1) is 5.56 Å². The van der Waals surface area contributed by atoms with Crippen LogP contribution in [-0.2, 0) is 11.0 Å². The molecule has 1 N–H and O–H groups in total. The Morgan fingerprint density at radius 3 is 2.27 bits per heavy atom. The van der Waals surface area contributed by atoms with Crippen molar-refractivity contribution in [3.8, 4) is 23.0 Å². The molecule has 2 aromatic carbocycles. The van der Waals surface area contributed by atoms with Gasteiger partial charge in [-0.05, 0) is 35.4 Å². The average Bonchev–Trinajstić information content (AvgIpc) is 2.45. The lowest BCUT2D eigenvalue weighted by atomic mass is 9.97. The molecular weight excluding hydrogens is 317 g/mol. The number of alkyl halides is 3. The van der Waals surface area contributed by atoms with E-state index in [1.807, 2.05) is 0 Å². The molecule has 0 aromatic heterocycles. The summed E-state index contributed by atoms with van der Waals surface area (Å²) in [6.45, 7) is 0. The molecule has 2 rings (SSSR count). The lowest BCUT2D eigenvalue weighted by Gasteiger charge is -2.13. The largest absolute Gasteiger partial charge is 0.472 e. The van der Waals surface area contributed by atoms with Crippen molar-refractivity contribution in [3.05, 3.63) is 58.6 Å². The average molecular weight is 325 g/mol. The maximum Gasteiger partial charge on any atom is 0.417 e. The number of hydrogen-bond donors (Lipinski definition) is 1. The van der Waals surface area contributed by atoms with Crippen LogP contribution in [-0.4, -0.2) is 11.1 Å². The molecule has 0 radical (unpaired) electrons. The van der Waals surface area contributed by atoms with Crippen molar-refractivity contribution < 1.29 is 23.1 Å². The molecule has 0 bridgehead atoms. The van der Waals surface area contributed by atoms with Crippen LogP contribution in [0.4, 0.5) is 13.2 Å². The van der Waals surface area contributed by atoms with Crippen molar-refractivity contribution in [2.45, 2.75) is 6.18 Å². The molecule has 0 atom stereocenters. The van der Waals surface area contributed by atoms with Gasteiger partial charge < -0.3 is 5.11 Å². The Morgan fingerprint density at radius 1 is 1.09 bits per heavy atom. The molecule has 0 aliphatic heterocycles. The van der Waals surface area contributed by atoms with Crippen molar-refractivity contribution in [1.82, 2.24) is 0 Å². The highest BCUT2D eigenvalue weighted by Gasteiger charge is 2.33. The van der Waals surface area contributed by atoms with E-state index in [4.69, 9.17) is 16.7 Å². The standard InChI is InChI=1S/C16H8ClF3O2/c17-12-5-3-11(4-6-12)13-7-1-10(2-8-15(21)22)9-14(13)16(18,19)20/h1,3-7,9H,(H,21,22). The number of aliphatic carboxylic acids is 1. The van der Waals surface area contributed by atoms with Crippen LogP contribution >= 0.6 is 11.6 Å². The van der Waals surface area contributed by atoms with E-state index in [2.05, 4.69) is 5.92 Å². The summed E-state index contributed by atoms with van der Waals surface area (Å²) < 4.78 is 39.6. The van der Waals surface area contributed by atoms with Gasteiger partial charge in [0.25, 0.3) is 0 Å². The van der Waals surface area contributed by atoms with Crippen molar-refractivity contribution in [1.29, 1.82) is 0 Å². The third-order valence-electron chi connectivity index (χ3n) is 2.79. The molecular formula is C16H8ClF3O2. The van der Waals surface area contributed by atoms with Crippen LogP contribution in [0.3, 0.4) is 0 Å². The van der Waals surface area contributed by atoms with Crippen LogP contribution in [0.2, 0.25) is 5.02 Å². The molecule has 6 heteroatoms. The van der Waals surface area contributed by atoms with Gasteiger partial charge in [0.15, 0.2) is 0 Å². The summed E-state index contributed by atoms with van der Waals surface area (Å²) in [5.74, 6) is 2.56. The first-order chi connectivity index (χ1) is 10.3. The van der Waals surface area contributed by atoms with Gasteiger partial charge in [0.1, 0.15) is 0 Å². The zero-order valence-electron chi connectivity index (χ0n) is 10.9. The van der Waals surface area contributed by atoms with E-state index in [1.54, 1.807) is 5.92 Å². The molecule has 0 heterocycles. The molecule has 112 valence electrons. The first kappa shape index (κ1) is 15.9. The van der Waals surface area contributed by atoms with Gasteiger partial charge in [0.2, 0.25) is 0 Å². The Labute approximate surface area is 129 Å². The quantitative estimate of drug-likeness (QED) is 0.786. The number of rotatable bonds is 1. The fraction of sp³-hybridized carbons (Fsp3) is 0.0625. The van der Waals surface area contributed by atoms with Crippen molar-refractivity contribution in [3.63, 3.8) is 0 Å². The lowest BCUT2D eigenvalue weighted by Crippen LogP contribution is -2.07. The highest BCUT2D eigenvalue weighted by molar-refractivity contribution is 6.30. The van der Waals surface area contributed by atoms with Gasteiger partial charge in [-0.3, -0.25) is 0 Å². The molecule has 0 aliphatic carbocycles. The number of carbonyl (C=O) groups is 1. The molecule has 0 spiro atoms. The second-order valence-corrected chi connectivity index (χ2v) is 4.76. The summed E-state index contributed by atoms with van der Waals surface area (Å²) in [4.78, 5) is 10.4. The van der Waals surface area contributed by atoms with Gasteiger partial charge in [-0.15, -0.1) is 0 Å². The highest BCUT2D eigenvalue weighted by Crippen LogP contribution is 2.37. The summed E-state index contributed by atoms with van der Waals surface area (Å²) in [5, 5.41) is 8.87. The minimum atomic E-state index is -4.59. The van der Waals surface area contributed by atoms with E-state index >= 15 is 0 Å². The number of benzene rings is 2. The predicted octanol–water partition coefficient (Wildman–Crippen LogP) is 4.46. The van der Waals surface area contributed by atoms with Gasteiger partial charge in [-0.1, -0.05) is 35.7 Å². The highest BCUT2D eigenvalue weighted by atomic mass is 35.5. The molecule has 0 fully saturated rings. The fourth-order valence-corrected chi connectivity index (χ4v) is 1.99. The summed E-state index contributed by atoms with van der Waals surface area (Å²) in [6, 6.07) is 9.39. The van der Waals surface area contributed by atoms with E-state index in [9.17, 15) is 18.0 Å².